The minimum atomic E-state index is -1.13. The summed E-state index contributed by atoms with van der Waals surface area (Å²) in [4.78, 5) is 37.0. The van der Waals surface area contributed by atoms with Crippen LogP contribution in [0.15, 0.2) is 76.4 Å². The first-order valence-corrected chi connectivity index (χ1v) is 26.5. The summed E-state index contributed by atoms with van der Waals surface area (Å²) < 4.78 is 14.3. The second-order valence-electron chi connectivity index (χ2n) is 23.6. The molecule has 8 nitrogen and oxygen atoms in total. The van der Waals surface area contributed by atoms with Gasteiger partial charge < -0.3 is 25.2 Å². The fourth-order valence-corrected chi connectivity index (χ4v) is 19.2. The molecule has 2 aromatic carbocycles. The number of nitrogens with zero attached hydrogens (tertiary/aromatic N) is 2. The Bertz CT molecular complexity index is 2500. The summed E-state index contributed by atoms with van der Waals surface area (Å²) in [6.07, 6.45) is 18.7. The van der Waals surface area contributed by atoms with Crippen LogP contribution in [0, 0.1) is 58.2 Å². The van der Waals surface area contributed by atoms with Crippen molar-refractivity contribution in [2.45, 2.75) is 147 Å². The molecule has 2 saturated carbocycles. The SMILES string of the molecule is C[C@@H]1CC2=C3[C@H]4C5=C6C[C@H](Cc7cccc(c7)CCCC[C@H]7[C@]68C(=O)O/C(=C(\O)C[C@H](C6CCCC6)N6C[C@@H]9C[C@H](C6)[C@H](CC2)N3C9)[C@@]8(CC5)[C@]72OC(=O)c3c(CCCN)cccc32)[C@H]41. The number of nitrogens with two attached hydrogens (primary N) is 1. The average molecular weight is 876 g/mol. The summed E-state index contributed by atoms with van der Waals surface area (Å²) in [5.74, 6) is 3.30. The summed E-state index contributed by atoms with van der Waals surface area (Å²) >= 11 is 0. The number of aliphatic hydroxyl groups excluding tert-OH is 1. The van der Waals surface area contributed by atoms with Gasteiger partial charge in [0.2, 0.25) is 0 Å². The third kappa shape index (κ3) is 5.07. The predicted octanol–water partition coefficient (Wildman–Crippen LogP) is 9.86. The Hall–Kier alpha value is -3.88. The number of rotatable bonds is 4. The number of hydrogen-bond donors (Lipinski definition) is 2. The molecule has 0 aromatic heterocycles. The van der Waals surface area contributed by atoms with Crippen molar-refractivity contribution in [1.29, 1.82) is 0 Å². The molecule has 6 aliphatic carbocycles. The van der Waals surface area contributed by atoms with Gasteiger partial charge in [0.05, 0.1) is 11.0 Å². The van der Waals surface area contributed by atoms with E-state index >= 15 is 4.79 Å². The molecule has 3 N–H and O–H groups in total. The van der Waals surface area contributed by atoms with Gasteiger partial charge in [-0.25, -0.2) is 4.79 Å². The zero-order chi connectivity index (χ0) is 43.6. The lowest BCUT2D eigenvalue weighted by Gasteiger charge is -2.72. The summed E-state index contributed by atoms with van der Waals surface area (Å²) in [5, 5.41) is 13.4. The molecule has 9 heterocycles. The van der Waals surface area contributed by atoms with E-state index in [1.807, 2.05) is 0 Å². The smallest absolute Gasteiger partial charge is 0.339 e. The van der Waals surface area contributed by atoms with Gasteiger partial charge in [0.15, 0.2) is 11.4 Å². The normalized spacial score (nSPS) is 43.3. The van der Waals surface area contributed by atoms with E-state index in [2.05, 4.69) is 59.2 Å². The lowest BCUT2D eigenvalue weighted by atomic mass is 9.28. The van der Waals surface area contributed by atoms with E-state index in [1.54, 1.807) is 11.3 Å². The zero-order valence-corrected chi connectivity index (χ0v) is 38.6. The number of aryl methyl sites for hydroxylation is 2. The van der Waals surface area contributed by atoms with Crippen molar-refractivity contribution in [3.8, 4) is 0 Å². The van der Waals surface area contributed by atoms with E-state index in [0.717, 1.165) is 82.1 Å². The number of ether oxygens (including phenoxy) is 2. The van der Waals surface area contributed by atoms with Gasteiger partial charge in [-0.05, 0) is 155 Å². The molecule has 0 amide bonds. The zero-order valence-electron chi connectivity index (χ0n) is 38.6. The third-order valence-electron chi connectivity index (χ3n) is 21.0. The second kappa shape index (κ2) is 14.3. The van der Waals surface area contributed by atoms with E-state index in [9.17, 15) is 9.90 Å². The summed E-state index contributed by atoms with van der Waals surface area (Å²) in [6, 6.07) is 16.5. The molecule has 5 fully saturated rings. The summed E-state index contributed by atoms with van der Waals surface area (Å²) in [7, 11) is 0. The van der Waals surface area contributed by atoms with E-state index in [0.29, 0.717) is 78.7 Å². The number of allylic oxidation sites excluding steroid dienone is 2. The van der Waals surface area contributed by atoms with Gasteiger partial charge in [-0.1, -0.05) is 85.4 Å². The number of aliphatic hydroxyl groups is 1. The first kappa shape index (κ1) is 40.2. The third-order valence-corrected chi connectivity index (χ3v) is 21.0. The minimum absolute atomic E-state index is 0.176. The molecule has 13 atom stereocenters. The standard InChI is InChI=1S/C57H69N3O5/c1-32-23-38-18-19-44-40-26-35-29-59(31-40)45(36-12-3-4-13-36)28-46(61)52-55-21-20-41-43-27-39(48(32)50(41)51(38)60(44)30-35)25-34-11-6-10-33(24-34)9-2-5-17-47(56(43,55)54(63)64-52)57(55)42-16-7-14-37(15-8-22-58)49(42)53(62)65-57/h6-7,10-11,14,16,24,32,35-36,39-40,44-45,47-48,50,61H,2-5,8-9,12-13,15,17-23,25-31,58H2,1H3/b52-46-/t32-,35+,39+,40-,44+,45-,47+,48-,50+,55-,56+,57-/m1/s1. The van der Waals surface area contributed by atoms with E-state index in [1.165, 1.54) is 73.6 Å². The Morgan fingerprint density at radius 2 is 1.69 bits per heavy atom. The van der Waals surface area contributed by atoms with E-state index in [4.69, 9.17) is 15.2 Å². The monoisotopic (exact) mass is 876 g/mol. The van der Waals surface area contributed by atoms with Crippen LogP contribution in [0.4, 0.5) is 0 Å². The first-order valence-electron chi connectivity index (χ1n) is 26.5. The van der Waals surface area contributed by atoms with Gasteiger partial charge in [0.1, 0.15) is 11.2 Å². The molecule has 65 heavy (non-hydrogen) atoms. The van der Waals surface area contributed by atoms with Gasteiger partial charge in [0.25, 0.3) is 0 Å². The van der Waals surface area contributed by atoms with Crippen molar-refractivity contribution in [3.63, 3.8) is 0 Å². The first-order chi connectivity index (χ1) is 31.8. The van der Waals surface area contributed by atoms with Crippen LogP contribution >= 0.6 is 0 Å². The maximum atomic E-state index is 16.2. The van der Waals surface area contributed by atoms with Gasteiger partial charge in [0, 0.05) is 61.2 Å². The Kier molecular flexibility index (Phi) is 8.86. The van der Waals surface area contributed by atoms with E-state index < -0.39 is 16.4 Å². The molecule has 17 rings (SSSR count). The van der Waals surface area contributed by atoms with Crippen LogP contribution < -0.4 is 5.73 Å². The van der Waals surface area contributed by atoms with Gasteiger partial charge in [-0.3, -0.25) is 9.69 Å². The van der Waals surface area contributed by atoms with E-state index in [-0.39, 0.29) is 35.6 Å². The van der Waals surface area contributed by atoms with Crippen LogP contribution in [0.1, 0.15) is 142 Å². The molecule has 3 spiro atoms. The number of benzene rings is 2. The van der Waals surface area contributed by atoms with Crippen LogP contribution in [0.5, 0.6) is 0 Å². The Morgan fingerprint density at radius 1 is 0.846 bits per heavy atom. The van der Waals surface area contributed by atoms with Crippen molar-refractivity contribution in [2.24, 2.45) is 63.9 Å². The highest BCUT2D eigenvalue weighted by Gasteiger charge is 2.93. The molecule has 15 bridgehead atoms. The largest absolute Gasteiger partial charge is 0.509 e. The van der Waals surface area contributed by atoms with Crippen molar-refractivity contribution >= 4 is 11.9 Å². The van der Waals surface area contributed by atoms with Crippen LogP contribution in [-0.2, 0) is 39.1 Å². The van der Waals surface area contributed by atoms with Crippen LogP contribution in [0.3, 0.4) is 0 Å². The molecule has 15 aliphatic rings. The molecule has 1 unspecified atom stereocenters. The molecule has 342 valence electrons. The quantitative estimate of drug-likeness (QED) is 0.231. The number of hydrogen-bond acceptors (Lipinski definition) is 8. The van der Waals surface area contributed by atoms with Crippen LogP contribution in [0.2, 0.25) is 0 Å². The van der Waals surface area contributed by atoms with Gasteiger partial charge >= 0.3 is 11.9 Å². The van der Waals surface area contributed by atoms with Crippen molar-refractivity contribution < 1.29 is 24.2 Å². The molecular formula is C57H69N3O5. The predicted molar refractivity (Wildman–Crippen MR) is 248 cm³/mol. The number of esters is 2. The minimum Gasteiger partial charge on any atom is -0.509 e. The Balaban J connectivity index is 1.07. The number of fused-ring (bicyclic) bond motifs is 7. The topological polar surface area (TPSA) is 105 Å². The highest BCUT2D eigenvalue weighted by atomic mass is 16.6. The average Bonchev–Trinajstić information content (AvgIpc) is 4.01. The fraction of sp³-hybridized carbons (Fsp3) is 0.649. The van der Waals surface area contributed by atoms with Crippen molar-refractivity contribution in [3.05, 3.63) is 104 Å². The Labute approximate surface area is 385 Å². The maximum Gasteiger partial charge on any atom is 0.339 e. The highest BCUT2D eigenvalue weighted by Crippen LogP contribution is 2.87. The molecular weight excluding hydrogens is 807 g/mol. The summed E-state index contributed by atoms with van der Waals surface area (Å²) in [6.45, 7) is 6.40. The molecule has 2 aromatic rings. The fourth-order valence-electron chi connectivity index (χ4n) is 19.2. The number of carbonyl (C=O) groups is 2. The van der Waals surface area contributed by atoms with Crippen LogP contribution in [0.25, 0.3) is 0 Å². The lowest BCUT2D eigenvalue weighted by Crippen LogP contribution is -2.77. The van der Waals surface area contributed by atoms with Gasteiger partial charge in [-0.2, -0.15) is 0 Å². The van der Waals surface area contributed by atoms with Crippen molar-refractivity contribution in [1.82, 2.24) is 9.80 Å². The Morgan fingerprint density at radius 3 is 2.57 bits per heavy atom. The molecule has 8 heteroatoms. The number of carbonyl (C=O) groups excluding carboxylic acids is 2. The number of piperidine rings is 2. The molecule has 3 saturated heterocycles. The second-order valence-corrected chi connectivity index (χ2v) is 23.6. The molecule has 0 radical (unpaired) electrons. The lowest BCUT2D eigenvalue weighted by molar-refractivity contribution is -0.279. The van der Waals surface area contributed by atoms with Crippen molar-refractivity contribution in [2.75, 3.05) is 26.2 Å². The summed E-state index contributed by atoms with van der Waals surface area (Å²) in [5.41, 5.74) is 14.6. The van der Waals surface area contributed by atoms with Gasteiger partial charge in [-0.15, -0.1) is 0 Å². The van der Waals surface area contributed by atoms with Crippen LogP contribution in [-0.4, -0.2) is 65.1 Å². The maximum absolute atomic E-state index is 16.2. The molecule has 9 aliphatic heterocycles. The highest BCUT2D eigenvalue weighted by molar-refractivity contribution is 6.00.